The van der Waals surface area contributed by atoms with Crippen LogP contribution in [-0.4, -0.2) is 32.6 Å². The van der Waals surface area contributed by atoms with E-state index < -0.39 is 17.7 Å². The van der Waals surface area contributed by atoms with Gasteiger partial charge in [-0.05, 0) is 32.0 Å². The lowest BCUT2D eigenvalue weighted by Crippen LogP contribution is -2.08. The van der Waals surface area contributed by atoms with Gasteiger partial charge in [0.25, 0.3) is 0 Å². The van der Waals surface area contributed by atoms with E-state index in [1.807, 2.05) is 0 Å². The van der Waals surface area contributed by atoms with Crippen LogP contribution < -0.4 is 0 Å². The van der Waals surface area contributed by atoms with Crippen molar-refractivity contribution in [1.29, 1.82) is 0 Å². The zero-order chi connectivity index (χ0) is 18.2. The highest BCUT2D eigenvalue weighted by Crippen LogP contribution is 2.32. The summed E-state index contributed by atoms with van der Waals surface area (Å²) in [6.07, 6.45) is -3.07. The predicted octanol–water partition coefficient (Wildman–Crippen LogP) is 3.32. The first-order valence-electron chi connectivity index (χ1n) is 7.38. The number of fused-ring (bicyclic) bond motifs is 1. The van der Waals surface area contributed by atoms with Crippen molar-refractivity contribution in [2.75, 3.05) is 6.61 Å². The van der Waals surface area contributed by atoms with Crippen molar-refractivity contribution in [3.8, 4) is 5.69 Å². The first-order valence-corrected chi connectivity index (χ1v) is 7.38. The molecular weight excluding hydrogens is 337 g/mol. The van der Waals surface area contributed by atoms with Gasteiger partial charge in [-0.2, -0.15) is 13.2 Å². The normalized spacial score (nSPS) is 11.7. The highest BCUT2D eigenvalue weighted by atomic mass is 19.4. The number of hydrogen-bond donors (Lipinski definition) is 0. The smallest absolute Gasteiger partial charge is 0.416 e. The number of rotatable bonds is 3. The number of pyridine rings is 1. The fraction of sp³-hybridized carbons (Fsp3) is 0.250. The van der Waals surface area contributed by atoms with Gasteiger partial charge in [0.15, 0.2) is 5.69 Å². The van der Waals surface area contributed by atoms with Crippen molar-refractivity contribution in [3.63, 3.8) is 0 Å². The van der Waals surface area contributed by atoms with Crippen molar-refractivity contribution >= 4 is 16.9 Å². The Balaban J connectivity index is 2.12. The van der Waals surface area contributed by atoms with Gasteiger partial charge in [-0.1, -0.05) is 11.3 Å². The molecule has 0 fully saturated rings. The van der Waals surface area contributed by atoms with Crippen molar-refractivity contribution in [3.05, 3.63) is 47.4 Å². The van der Waals surface area contributed by atoms with Gasteiger partial charge in [0.2, 0.25) is 0 Å². The Hall–Kier alpha value is -2.97. The molecule has 9 heteroatoms. The average molecular weight is 350 g/mol. The SMILES string of the molecule is CCOC(=O)c1nnn(-c2ccnc3cc(C(F)(F)F)ccc23)c1C. The van der Waals surface area contributed by atoms with Crippen molar-refractivity contribution < 1.29 is 22.7 Å². The second-order valence-electron chi connectivity index (χ2n) is 5.22. The van der Waals surface area contributed by atoms with Crippen molar-refractivity contribution in [2.45, 2.75) is 20.0 Å². The summed E-state index contributed by atoms with van der Waals surface area (Å²) in [5.74, 6) is -0.607. The van der Waals surface area contributed by atoms with Crippen LogP contribution in [0.3, 0.4) is 0 Å². The number of carbonyl (C=O) groups is 1. The van der Waals surface area contributed by atoms with Crippen LogP contribution in [0.5, 0.6) is 0 Å². The summed E-state index contributed by atoms with van der Waals surface area (Å²) >= 11 is 0. The second kappa shape index (κ2) is 6.15. The quantitative estimate of drug-likeness (QED) is 0.678. The van der Waals surface area contributed by atoms with Gasteiger partial charge in [0.1, 0.15) is 0 Å². The minimum Gasteiger partial charge on any atom is -0.461 e. The molecule has 2 aromatic heterocycles. The van der Waals surface area contributed by atoms with Gasteiger partial charge >= 0.3 is 12.1 Å². The number of alkyl halides is 3. The first kappa shape index (κ1) is 16.9. The third kappa shape index (κ3) is 3.04. The van der Waals surface area contributed by atoms with E-state index in [-0.39, 0.29) is 17.8 Å². The van der Waals surface area contributed by atoms with Crippen LogP contribution in [0, 0.1) is 6.92 Å². The van der Waals surface area contributed by atoms with Crippen LogP contribution >= 0.6 is 0 Å². The fourth-order valence-electron chi connectivity index (χ4n) is 2.44. The molecule has 0 saturated heterocycles. The molecule has 130 valence electrons. The van der Waals surface area contributed by atoms with E-state index in [1.165, 1.54) is 16.9 Å². The summed E-state index contributed by atoms with van der Waals surface area (Å²) in [5.41, 5.74) is 0.330. The standard InChI is InChI=1S/C16H13F3N4O2/c1-3-25-15(24)14-9(2)23(22-21-14)13-6-7-20-12-8-10(16(17,18)19)4-5-11(12)13/h4-8H,3H2,1-2H3. The molecule has 0 saturated carbocycles. The molecule has 0 amide bonds. The maximum Gasteiger partial charge on any atom is 0.416 e. The maximum atomic E-state index is 12.9. The molecule has 0 aliphatic heterocycles. The van der Waals surface area contributed by atoms with E-state index in [2.05, 4.69) is 15.3 Å². The lowest BCUT2D eigenvalue weighted by Gasteiger charge is -2.10. The summed E-state index contributed by atoms with van der Waals surface area (Å²) in [6.45, 7) is 3.50. The summed E-state index contributed by atoms with van der Waals surface area (Å²) in [4.78, 5) is 15.8. The largest absolute Gasteiger partial charge is 0.461 e. The van der Waals surface area contributed by atoms with Gasteiger partial charge in [-0.25, -0.2) is 9.48 Å². The van der Waals surface area contributed by atoms with Crippen LogP contribution in [-0.2, 0) is 10.9 Å². The van der Waals surface area contributed by atoms with Gasteiger partial charge in [-0.3, -0.25) is 4.98 Å². The van der Waals surface area contributed by atoms with Crippen LogP contribution in [0.15, 0.2) is 30.5 Å². The molecular formula is C16H13F3N4O2. The zero-order valence-corrected chi connectivity index (χ0v) is 13.3. The summed E-state index contributed by atoms with van der Waals surface area (Å²) in [6, 6.07) is 4.86. The van der Waals surface area contributed by atoms with Crippen LogP contribution in [0.4, 0.5) is 13.2 Å². The van der Waals surface area contributed by atoms with Crippen molar-refractivity contribution in [1.82, 2.24) is 20.0 Å². The molecule has 0 spiro atoms. The van der Waals surface area contributed by atoms with Crippen LogP contribution in [0.1, 0.15) is 28.7 Å². The van der Waals surface area contributed by atoms with Crippen LogP contribution in [0.25, 0.3) is 16.6 Å². The van der Waals surface area contributed by atoms with Gasteiger partial charge in [0.05, 0.1) is 29.1 Å². The average Bonchev–Trinajstić information content (AvgIpc) is 2.94. The minimum atomic E-state index is -4.45. The van der Waals surface area contributed by atoms with Gasteiger partial charge < -0.3 is 4.74 Å². The summed E-state index contributed by atoms with van der Waals surface area (Å²) < 4.78 is 44.9. The zero-order valence-electron chi connectivity index (χ0n) is 13.3. The molecule has 0 N–H and O–H groups in total. The Morgan fingerprint density at radius 1 is 1.28 bits per heavy atom. The molecule has 0 unspecified atom stereocenters. The highest BCUT2D eigenvalue weighted by Gasteiger charge is 2.31. The topological polar surface area (TPSA) is 69.9 Å². The fourth-order valence-corrected chi connectivity index (χ4v) is 2.44. The van der Waals surface area contributed by atoms with E-state index in [0.29, 0.717) is 16.8 Å². The molecule has 1 aromatic carbocycles. The van der Waals surface area contributed by atoms with Gasteiger partial charge in [0, 0.05) is 11.6 Å². The number of aromatic nitrogens is 4. The minimum absolute atomic E-state index is 0.0544. The first-order chi connectivity index (χ1) is 11.8. The molecule has 6 nitrogen and oxygen atoms in total. The Bertz CT molecular complexity index is 950. The molecule has 3 aromatic rings. The Morgan fingerprint density at radius 3 is 2.72 bits per heavy atom. The van der Waals surface area contributed by atoms with E-state index in [4.69, 9.17) is 4.74 Å². The molecule has 25 heavy (non-hydrogen) atoms. The highest BCUT2D eigenvalue weighted by molar-refractivity contribution is 5.90. The monoisotopic (exact) mass is 350 g/mol. The maximum absolute atomic E-state index is 12.9. The molecule has 3 rings (SSSR count). The molecule has 0 radical (unpaired) electrons. The lowest BCUT2D eigenvalue weighted by molar-refractivity contribution is -0.137. The number of ether oxygens (including phenoxy) is 1. The van der Waals surface area contributed by atoms with E-state index in [0.717, 1.165) is 12.1 Å². The number of benzene rings is 1. The van der Waals surface area contributed by atoms with Crippen molar-refractivity contribution in [2.24, 2.45) is 0 Å². The number of halogens is 3. The Morgan fingerprint density at radius 2 is 2.04 bits per heavy atom. The summed E-state index contributed by atoms with van der Waals surface area (Å²) in [5, 5.41) is 8.20. The molecule has 2 heterocycles. The molecule has 0 aliphatic carbocycles. The molecule has 0 aliphatic rings. The van der Waals surface area contributed by atoms with Crippen LogP contribution in [0.2, 0.25) is 0 Å². The number of carbonyl (C=O) groups excluding carboxylic acids is 1. The van der Waals surface area contributed by atoms with E-state index in [1.54, 1.807) is 19.9 Å². The number of nitrogens with zero attached hydrogens (tertiary/aromatic N) is 4. The predicted molar refractivity (Wildman–Crippen MR) is 82.4 cm³/mol. The summed E-state index contributed by atoms with van der Waals surface area (Å²) in [7, 11) is 0. The molecule has 0 atom stereocenters. The second-order valence-corrected chi connectivity index (χ2v) is 5.22. The van der Waals surface area contributed by atoms with E-state index in [9.17, 15) is 18.0 Å². The molecule has 0 bridgehead atoms. The van der Waals surface area contributed by atoms with E-state index >= 15 is 0 Å². The Labute approximate surface area is 140 Å². The number of esters is 1. The third-order valence-electron chi connectivity index (χ3n) is 3.64. The lowest BCUT2D eigenvalue weighted by atomic mass is 10.1. The third-order valence-corrected chi connectivity index (χ3v) is 3.64. The Kier molecular flexibility index (Phi) is 4.15. The van der Waals surface area contributed by atoms with Gasteiger partial charge in [-0.15, -0.1) is 5.10 Å². The number of hydrogen-bond acceptors (Lipinski definition) is 5.